The topological polar surface area (TPSA) is 69.6 Å². The minimum absolute atomic E-state index is 0.0360. The Morgan fingerprint density at radius 3 is 1.41 bits per heavy atom. The standard InChI is InChI=1S/C28H57NO3/c1-3-5-7-9-11-13-14-16-18-20-22-24-28(32)29-26(25-30)27(31)23-21-19-17-15-12-10-8-6-4-2/h26-27,30-31H,3-25H2,1-2H3,(H,29,32)/t26-,27+/m0/s1. The van der Waals surface area contributed by atoms with Crippen LogP contribution in [-0.4, -0.2) is 34.9 Å². The van der Waals surface area contributed by atoms with Crippen molar-refractivity contribution in [3.63, 3.8) is 0 Å². The third-order valence-electron chi connectivity index (χ3n) is 6.62. The molecule has 0 heterocycles. The molecule has 0 aliphatic heterocycles. The van der Waals surface area contributed by atoms with Gasteiger partial charge in [-0.3, -0.25) is 4.79 Å². The lowest BCUT2D eigenvalue weighted by atomic mass is 10.0. The van der Waals surface area contributed by atoms with Crippen molar-refractivity contribution in [1.29, 1.82) is 0 Å². The molecule has 0 aromatic rings. The highest BCUT2D eigenvalue weighted by Gasteiger charge is 2.19. The number of amides is 1. The lowest BCUT2D eigenvalue weighted by molar-refractivity contribution is -0.123. The average Bonchev–Trinajstić information content (AvgIpc) is 2.79. The molecule has 0 saturated heterocycles. The Morgan fingerprint density at radius 1 is 0.625 bits per heavy atom. The molecule has 4 heteroatoms. The van der Waals surface area contributed by atoms with Gasteiger partial charge in [-0.15, -0.1) is 0 Å². The molecular formula is C28H57NO3. The molecule has 0 aromatic carbocycles. The van der Waals surface area contributed by atoms with Gasteiger partial charge < -0.3 is 15.5 Å². The maximum atomic E-state index is 12.2. The number of carbonyl (C=O) groups is 1. The van der Waals surface area contributed by atoms with Crippen LogP contribution in [0.1, 0.15) is 155 Å². The van der Waals surface area contributed by atoms with Crippen LogP contribution < -0.4 is 5.32 Å². The van der Waals surface area contributed by atoms with Gasteiger partial charge in [0.15, 0.2) is 0 Å². The molecule has 0 aliphatic rings. The van der Waals surface area contributed by atoms with E-state index < -0.39 is 12.1 Å². The van der Waals surface area contributed by atoms with E-state index in [2.05, 4.69) is 19.2 Å². The molecule has 0 aliphatic carbocycles. The number of hydrogen-bond acceptors (Lipinski definition) is 3. The van der Waals surface area contributed by atoms with Crippen LogP contribution in [0.3, 0.4) is 0 Å². The Labute approximate surface area is 200 Å². The smallest absolute Gasteiger partial charge is 0.220 e. The van der Waals surface area contributed by atoms with Gasteiger partial charge in [0.1, 0.15) is 0 Å². The molecule has 0 radical (unpaired) electrons. The molecule has 0 aromatic heterocycles. The fourth-order valence-electron chi connectivity index (χ4n) is 4.36. The van der Waals surface area contributed by atoms with E-state index in [-0.39, 0.29) is 12.5 Å². The average molecular weight is 456 g/mol. The molecule has 3 N–H and O–H groups in total. The quantitative estimate of drug-likeness (QED) is 0.125. The number of aliphatic hydroxyl groups is 2. The van der Waals surface area contributed by atoms with Crippen LogP contribution in [0.5, 0.6) is 0 Å². The lowest BCUT2D eigenvalue weighted by Crippen LogP contribution is -2.45. The van der Waals surface area contributed by atoms with E-state index in [1.54, 1.807) is 0 Å². The fourth-order valence-corrected chi connectivity index (χ4v) is 4.36. The van der Waals surface area contributed by atoms with Gasteiger partial charge >= 0.3 is 0 Å². The normalized spacial score (nSPS) is 13.2. The maximum Gasteiger partial charge on any atom is 0.220 e. The number of carbonyl (C=O) groups excluding carboxylic acids is 1. The van der Waals surface area contributed by atoms with Gasteiger partial charge in [-0.1, -0.05) is 136 Å². The van der Waals surface area contributed by atoms with Crippen LogP contribution in [0.25, 0.3) is 0 Å². The van der Waals surface area contributed by atoms with Gasteiger partial charge in [-0.25, -0.2) is 0 Å². The van der Waals surface area contributed by atoms with E-state index in [4.69, 9.17) is 0 Å². The molecule has 2 atom stereocenters. The zero-order valence-corrected chi connectivity index (χ0v) is 21.7. The monoisotopic (exact) mass is 455 g/mol. The molecule has 4 nitrogen and oxygen atoms in total. The second kappa shape index (κ2) is 25.0. The molecule has 1 amide bonds. The van der Waals surface area contributed by atoms with Gasteiger partial charge in [0, 0.05) is 6.42 Å². The minimum atomic E-state index is -0.647. The number of aliphatic hydroxyl groups excluding tert-OH is 2. The Bertz CT molecular complexity index is 389. The Hall–Kier alpha value is -0.610. The Balaban J connectivity index is 3.61. The molecule has 32 heavy (non-hydrogen) atoms. The summed E-state index contributed by atoms with van der Waals surface area (Å²) in [4.78, 5) is 12.2. The molecule has 0 bridgehead atoms. The van der Waals surface area contributed by atoms with Crippen LogP contribution in [0.15, 0.2) is 0 Å². The molecule has 0 spiro atoms. The first kappa shape index (κ1) is 31.4. The van der Waals surface area contributed by atoms with Crippen LogP contribution in [0, 0.1) is 0 Å². The maximum absolute atomic E-state index is 12.2. The first-order valence-electron chi connectivity index (χ1n) is 14.2. The van der Waals surface area contributed by atoms with Crippen molar-refractivity contribution in [3.05, 3.63) is 0 Å². The van der Waals surface area contributed by atoms with Crippen molar-refractivity contribution in [1.82, 2.24) is 5.32 Å². The molecule has 0 rings (SSSR count). The summed E-state index contributed by atoms with van der Waals surface area (Å²) < 4.78 is 0. The number of rotatable bonds is 25. The summed E-state index contributed by atoms with van der Waals surface area (Å²) in [5.74, 6) is -0.0360. The number of nitrogens with one attached hydrogen (secondary N) is 1. The first-order valence-corrected chi connectivity index (χ1v) is 14.2. The Morgan fingerprint density at radius 2 is 1.00 bits per heavy atom. The van der Waals surface area contributed by atoms with Crippen LogP contribution in [0.4, 0.5) is 0 Å². The zero-order valence-electron chi connectivity index (χ0n) is 21.7. The molecule has 0 unspecified atom stereocenters. The van der Waals surface area contributed by atoms with Gasteiger partial charge in [-0.05, 0) is 12.8 Å². The summed E-state index contributed by atoms with van der Waals surface area (Å²) in [5, 5.41) is 22.8. The van der Waals surface area contributed by atoms with E-state index >= 15 is 0 Å². The van der Waals surface area contributed by atoms with Crippen LogP contribution >= 0.6 is 0 Å². The number of hydrogen-bond donors (Lipinski definition) is 3. The van der Waals surface area contributed by atoms with Crippen LogP contribution in [0.2, 0.25) is 0 Å². The predicted octanol–water partition coefficient (Wildman–Crippen LogP) is 7.45. The van der Waals surface area contributed by atoms with Crippen LogP contribution in [-0.2, 0) is 4.79 Å². The largest absolute Gasteiger partial charge is 0.394 e. The van der Waals surface area contributed by atoms with Crippen molar-refractivity contribution in [2.75, 3.05) is 6.61 Å². The summed E-state index contributed by atoms with van der Waals surface area (Å²) >= 11 is 0. The minimum Gasteiger partial charge on any atom is -0.394 e. The van der Waals surface area contributed by atoms with Crippen molar-refractivity contribution in [3.8, 4) is 0 Å². The van der Waals surface area contributed by atoms with E-state index in [1.807, 2.05) is 0 Å². The molecule has 0 saturated carbocycles. The van der Waals surface area contributed by atoms with Crippen molar-refractivity contribution in [2.45, 2.75) is 167 Å². The molecule has 192 valence electrons. The van der Waals surface area contributed by atoms with Crippen molar-refractivity contribution >= 4 is 5.91 Å². The first-order chi connectivity index (χ1) is 15.7. The van der Waals surface area contributed by atoms with E-state index in [9.17, 15) is 15.0 Å². The van der Waals surface area contributed by atoms with Crippen molar-refractivity contribution < 1.29 is 15.0 Å². The summed E-state index contributed by atoms with van der Waals surface area (Å²) in [7, 11) is 0. The summed E-state index contributed by atoms with van der Waals surface area (Å²) in [5.41, 5.74) is 0. The van der Waals surface area contributed by atoms with Gasteiger partial charge in [0.2, 0.25) is 5.91 Å². The summed E-state index contributed by atoms with van der Waals surface area (Å²) in [6, 6.07) is -0.524. The van der Waals surface area contributed by atoms with E-state index in [1.165, 1.54) is 103 Å². The fraction of sp³-hybridized carbons (Fsp3) is 0.964. The second-order valence-corrected chi connectivity index (χ2v) is 9.83. The highest BCUT2D eigenvalue weighted by Crippen LogP contribution is 2.14. The third kappa shape index (κ3) is 21.2. The van der Waals surface area contributed by atoms with Gasteiger partial charge in [-0.2, -0.15) is 0 Å². The molecule has 0 fully saturated rings. The van der Waals surface area contributed by atoms with Gasteiger partial charge in [0.25, 0.3) is 0 Å². The van der Waals surface area contributed by atoms with E-state index in [0.717, 1.165) is 25.7 Å². The third-order valence-corrected chi connectivity index (χ3v) is 6.62. The highest BCUT2D eigenvalue weighted by atomic mass is 16.3. The lowest BCUT2D eigenvalue weighted by Gasteiger charge is -2.22. The Kier molecular flexibility index (Phi) is 24.5. The van der Waals surface area contributed by atoms with E-state index in [0.29, 0.717) is 12.8 Å². The summed E-state index contributed by atoms with van der Waals surface area (Å²) in [6.45, 7) is 4.31. The predicted molar refractivity (Wildman–Crippen MR) is 138 cm³/mol. The molecular weight excluding hydrogens is 398 g/mol. The van der Waals surface area contributed by atoms with Gasteiger partial charge in [0.05, 0.1) is 18.8 Å². The summed E-state index contributed by atoms with van der Waals surface area (Å²) in [6.07, 6.45) is 25.7. The zero-order chi connectivity index (χ0) is 23.7. The highest BCUT2D eigenvalue weighted by molar-refractivity contribution is 5.76. The second-order valence-electron chi connectivity index (χ2n) is 9.83. The SMILES string of the molecule is CCCCCCCCCCCCCC(=O)N[C@@H](CO)[C@H](O)CCCCCCCCCCC. The number of unbranched alkanes of at least 4 members (excludes halogenated alkanes) is 18. The van der Waals surface area contributed by atoms with Crippen molar-refractivity contribution in [2.24, 2.45) is 0 Å².